The van der Waals surface area contributed by atoms with Crippen molar-refractivity contribution in [2.45, 2.75) is 24.0 Å². The van der Waals surface area contributed by atoms with Gasteiger partial charge < -0.3 is 5.11 Å². The summed E-state index contributed by atoms with van der Waals surface area (Å²) in [6.07, 6.45) is 5.52. The predicted molar refractivity (Wildman–Crippen MR) is 129 cm³/mol. The number of rotatable bonds is 7. The van der Waals surface area contributed by atoms with E-state index in [0.29, 0.717) is 22.0 Å². The Hall–Kier alpha value is -3.09. The average molecular weight is 450 g/mol. The van der Waals surface area contributed by atoms with E-state index < -0.39 is 10.0 Å². The molecule has 0 aliphatic carbocycles. The maximum Gasteiger partial charge on any atom is 0.271 e. The molecular formula is C25H23NO3S2. The summed E-state index contributed by atoms with van der Waals surface area (Å²) in [4.78, 5) is 0. The maximum absolute atomic E-state index is 12.8. The van der Waals surface area contributed by atoms with Crippen molar-refractivity contribution in [3.63, 3.8) is 0 Å². The zero-order valence-electron chi connectivity index (χ0n) is 17.1. The highest BCUT2D eigenvalue weighted by atomic mass is 32.2. The van der Waals surface area contributed by atoms with Crippen molar-refractivity contribution in [2.75, 3.05) is 4.72 Å². The van der Waals surface area contributed by atoms with Gasteiger partial charge in [-0.2, -0.15) is 0 Å². The molecule has 1 aromatic heterocycles. The molecule has 4 rings (SSSR count). The minimum Gasteiger partial charge on any atom is -0.507 e. The van der Waals surface area contributed by atoms with Crippen molar-refractivity contribution < 1.29 is 13.5 Å². The molecule has 0 unspecified atom stereocenters. The number of thiophene rings is 1. The number of hydrogen-bond acceptors (Lipinski definition) is 4. The van der Waals surface area contributed by atoms with E-state index in [9.17, 15) is 13.5 Å². The highest BCUT2D eigenvalue weighted by Gasteiger charge is 2.18. The van der Waals surface area contributed by atoms with Crippen LogP contribution in [0.15, 0.2) is 82.4 Å². The van der Waals surface area contributed by atoms with Gasteiger partial charge in [0.1, 0.15) is 9.96 Å². The predicted octanol–water partition coefficient (Wildman–Crippen LogP) is 6.23. The van der Waals surface area contributed by atoms with E-state index in [-0.39, 0.29) is 9.96 Å². The molecule has 6 heteroatoms. The van der Waals surface area contributed by atoms with E-state index in [4.69, 9.17) is 0 Å². The minimum absolute atomic E-state index is 0.133. The Labute approximate surface area is 186 Å². The maximum atomic E-state index is 12.8. The number of allylic oxidation sites excluding steroid dienone is 1. The number of aromatic hydroxyl groups is 1. The SMILES string of the molecule is CCc1cccc(C/C=C/c2cc(NS(=O)(=O)c3cccs3)c3ccccc3c2O)c1. The summed E-state index contributed by atoms with van der Waals surface area (Å²) in [5.41, 5.74) is 3.47. The minimum atomic E-state index is -3.70. The van der Waals surface area contributed by atoms with Crippen LogP contribution in [-0.2, 0) is 22.9 Å². The monoisotopic (exact) mass is 449 g/mol. The lowest BCUT2D eigenvalue weighted by atomic mass is 10.0. The molecule has 0 spiro atoms. The second-order valence-electron chi connectivity index (χ2n) is 7.23. The summed E-state index contributed by atoms with van der Waals surface area (Å²) in [6, 6.07) is 20.6. The fourth-order valence-corrected chi connectivity index (χ4v) is 5.57. The van der Waals surface area contributed by atoms with E-state index in [1.54, 1.807) is 35.7 Å². The number of hydrogen-bond donors (Lipinski definition) is 2. The molecule has 4 nitrogen and oxygen atoms in total. The summed E-state index contributed by atoms with van der Waals surface area (Å²) in [7, 11) is -3.70. The summed E-state index contributed by atoms with van der Waals surface area (Å²) in [5, 5.41) is 13.8. The molecule has 0 aliphatic rings. The molecule has 31 heavy (non-hydrogen) atoms. The van der Waals surface area contributed by atoms with Crippen LogP contribution >= 0.6 is 11.3 Å². The van der Waals surface area contributed by atoms with Gasteiger partial charge in [-0.05, 0) is 41.5 Å². The first kappa shape index (κ1) is 21.2. The lowest BCUT2D eigenvalue weighted by Crippen LogP contribution is -2.12. The Morgan fingerprint density at radius 2 is 1.74 bits per heavy atom. The highest BCUT2D eigenvalue weighted by Crippen LogP contribution is 2.36. The lowest BCUT2D eigenvalue weighted by molar-refractivity contribution is 0.480. The largest absolute Gasteiger partial charge is 0.507 e. The van der Waals surface area contributed by atoms with Gasteiger partial charge in [-0.1, -0.05) is 73.7 Å². The topological polar surface area (TPSA) is 66.4 Å². The van der Waals surface area contributed by atoms with Crippen LogP contribution < -0.4 is 4.72 Å². The van der Waals surface area contributed by atoms with Gasteiger partial charge in [-0.3, -0.25) is 4.72 Å². The number of phenols is 1. The van der Waals surface area contributed by atoms with Crippen molar-refractivity contribution >= 4 is 43.9 Å². The normalized spacial score (nSPS) is 11.9. The van der Waals surface area contributed by atoms with Crippen LogP contribution in [0.5, 0.6) is 5.75 Å². The van der Waals surface area contributed by atoms with Gasteiger partial charge in [0.05, 0.1) is 5.69 Å². The molecule has 0 amide bonds. The van der Waals surface area contributed by atoms with Crippen LogP contribution in [0.4, 0.5) is 5.69 Å². The van der Waals surface area contributed by atoms with Crippen molar-refractivity contribution in [3.8, 4) is 5.75 Å². The second kappa shape index (κ2) is 8.96. The van der Waals surface area contributed by atoms with E-state index in [1.807, 2.05) is 30.4 Å². The van der Waals surface area contributed by atoms with Crippen molar-refractivity contribution in [1.29, 1.82) is 0 Å². The van der Waals surface area contributed by atoms with E-state index in [2.05, 4.69) is 29.8 Å². The van der Waals surface area contributed by atoms with Gasteiger partial charge >= 0.3 is 0 Å². The number of phenolic OH excluding ortho intramolecular Hbond substituents is 1. The number of nitrogens with one attached hydrogen (secondary N) is 1. The highest BCUT2D eigenvalue weighted by molar-refractivity contribution is 7.94. The number of sulfonamides is 1. The Morgan fingerprint density at radius 1 is 0.968 bits per heavy atom. The molecule has 2 N–H and O–H groups in total. The third kappa shape index (κ3) is 4.65. The molecule has 0 aliphatic heterocycles. The van der Waals surface area contributed by atoms with Crippen LogP contribution in [0, 0.1) is 0 Å². The fourth-order valence-electron chi connectivity index (χ4n) is 3.50. The number of benzene rings is 3. The first-order valence-electron chi connectivity index (χ1n) is 10.0. The molecule has 0 saturated carbocycles. The Morgan fingerprint density at radius 3 is 2.48 bits per heavy atom. The number of aryl methyl sites for hydroxylation is 1. The quantitative estimate of drug-likeness (QED) is 0.329. The van der Waals surface area contributed by atoms with Crippen LogP contribution in [0.2, 0.25) is 0 Å². The first-order chi connectivity index (χ1) is 15.0. The zero-order valence-corrected chi connectivity index (χ0v) is 18.7. The Balaban J connectivity index is 1.70. The van der Waals surface area contributed by atoms with Gasteiger partial charge in [0, 0.05) is 16.3 Å². The average Bonchev–Trinajstić information content (AvgIpc) is 3.33. The molecule has 0 radical (unpaired) electrons. The van der Waals surface area contributed by atoms with Crippen LogP contribution in [0.25, 0.3) is 16.8 Å². The Kier molecular flexibility index (Phi) is 6.11. The van der Waals surface area contributed by atoms with Crippen LogP contribution in [0.1, 0.15) is 23.6 Å². The van der Waals surface area contributed by atoms with Crippen molar-refractivity contribution in [1.82, 2.24) is 0 Å². The van der Waals surface area contributed by atoms with Gasteiger partial charge in [0.25, 0.3) is 10.0 Å². The van der Waals surface area contributed by atoms with Gasteiger partial charge in [-0.15, -0.1) is 11.3 Å². The number of fused-ring (bicyclic) bond motifs is 1. The van der Waals surface area contributed by atoms with E-state index >= 15 is 0 Å². The van der Waals surface area contributed by atoms with Gasteiger partial charge in [0.2, 0.25) is 0 Å². The standard InChI is InChI=1S/C25H23NO3S2/c1-2-18-8-5-9-19(16-18)10-6-11-20-17-23(21-12-3-4-13-22(21)25(20)27)26-31(28,29)24-14-7-15-30-24/h3-9,11-17,26-27H,2,10H2,1H3/b11-6+. The third-order valence-corrected chi connectivity index (χ3v) is 7.86. The lowest BCUT2D eigenvalue weighted by Gasteiger charge is -2.13. The second-order valence-corrected chi connectivity index (χ2v) is 10.1. The molecule has 0 bridgehead atoms. The van der Waals surface area contributed by atoms with Crippen molar-refractivity contribution in [3.05, 3.63) is 94.9 Å². The third-order valence-electron chi connectivity index (χ3n) is 5.10. The molecule has 1 heterocycles. The van der Waals surface area contributed by atoms with Crippen LogP contribution in [0.3, 0.4) is 0 Å². The summed E-state index contributed by atoms with van der Waals surface area (Å²) >= 11 is 1.16. The van der Waals surface area contributed by atoms with Crippen LogP contribution in [-0.4, -0.2) is 13.5 Å². The molecule has 158 valence electrons. The Bertz CT molecular complexity index is 1340. The van der Waals surface area contributed by atoms with E-state index in [0.717, 1.165) is 24.2 Å². The molecule has 0 fully saturated rings. The van der Waals surface area contributed by atoms with E-state index in [1.165, 1.54) is 11.1 Å². The number of anilines is 1. The molecular weight excluding hydrogens is 426 g/mol. The fraction of sp³-hybridized carbons (Fsp3) is 0.120. The summed E-state index contributed by atoms with van der Waals surface area (Å²) < 4.78 is 28.5. The first-order valence-corrected chi connectivity index (χ1v) is 12.4. The van der Waals surface area contributed by atoms with Crippen molar-refractivity contribution in [2.24, 2.45) is 0 Å². The zero-order chi connectivity index (χ0) is 21.8. The molecule has 0 atom stereocenters. The molecule has 3 aromatic carbocycles. The molecule has 4 aromatic rings. The van der Waals surface area contributed by atoms with Gasteiger partial charge in [0.15, 0.2) is 0 Å². The summed E-state index contributed by atoms with van der Waals surface area (Å²) in [6.45, 7) is 2.13. The molecule has 0 saturated heterocycles. The smallest absolute Gasteiger partial charge is 0.271 e. The summed E-state index contributed by atoms with van der Waals surface area (Å²) in [5.74, 6) is 0.133. The van der Waals surface area contributed by atoms with Gasteiger partial charge in [-0.25, -0.2) is 8.42 Å².